The van der Waals surface area contributed by atoms with E-state index in [1.807, 2.05) is 21.1 Å². The number of nitrogens with zero attached hydrogens (tertiary/aromatic N) is 1. The van der Waals surface area contributed by atoms with E-state index in [1.54, 1.807) is 0 Å². The normalized spacial score (nSPS) is 13.8. The van der Waals surface area contributed by atoms with Crippen molar-refractivity contribution in [3.63, 3.8) is 0 Å². The summed E-state index contributed by atoms with van der Waals surface area (Å²) in [6.07, 6.45) is 59.8. The molecular weight excluding hydrogens is 846 g/mol. The van der Waals surface area contributed by atoms with Crippen molar-refractivity contribution < 1.29 is 42.1 Å². The maximum atomic E-state index is 12.8. The Kier molecular flexibility index (Phi) is 46.1. The topological polar surface area (TPSA) is 108 Å². The van der Waals surface area contributed by atoms with Crippen LogP contribution < -0.4 is 0 Å². The Morgan fingerprint density at radius 2 is 0.818 bits per heavy atom. The maximum absolute atomic E-state index is 12.8. The summed E-state index contributed by atoms with van der Waals surface area (Å²) in [5.41, 5.74) is 0. The first-order valence-corrected chi connectivity index (χ1v) is 28.5. The van der Waals surface area contributed by atoms with Crippen molar-refractivity contribution >= 4 is 19.8 Å². The largest absolute Gasteiger partial charge is 0.472 e. The number of likely N-dealkylation sites (N-methyl/N-ethyl adjacent to an activating group) is 1. The molecule has 0 fully saturated rings. The van der Waals surface area contributed by atoms with Gasteiger partial charge in [0.15, 0.2) is 6.10 Å². The van der Waals surface area contributed by atoms with Crippen LogP contribution in [0.4, 0.5) is 0 Å². The van der Waals surface area contributed by atoms with Crippen LogP contribution in [0.1, 0.15) is 232 Å². The molecule has 0 aromatic carbocycles. The Morgan fingerprint density at radius 3 is 1.21 bits per heavy atom. The third-order valence-electron chi connectivity index (χ3n) is 11.5. The number of phosphoric ester groups is 1. The molecule has 0 heterocycles. The van der Waals surface area contributed by atoms with E-state index in [0.29, 0.717) is 17.4 Å². The van der Waals surface area contributed by atoms with E-state index < -0.39 is 26.5 Å². The predicted octanol–water partition coefficient (Wildman–Crippen LogP) is 16.4. The van der Waals surface area contributed by atoms with Crippen LogP contribution in [0.2, 0.25) is 0 Å². The van der Waals surface area contributed by atoms with Crippen LogP contribution in [-0.4, -0.2) is 74.9 Å². The third kappa shape index (κ3) is 51.1. The van der Waals surface area contributed by atoms with E-state index in [1.165, 1.54) is 122 Å². The zero-order valence-electron chi connectivity index (χ0n) is 43.4. The molecule has 0 spiro atoms. The average molecular weight is 949 g/mol. The van der Waals surface area contributed by atoms with Crippen LogP contribution in [0.5, 0.6) is 0 Å². The van der Waals surface area contributed by atoms with Crippen molar-refractivity contribution in [3.8, 4) is 0 Å². The lowest BCUT2D eigenvalue weighted by molar-refractivity contribution is -0.870. The Morgan fingerprint density at radius 1 is 0.470 bits per heavy atom. The zero-order chi connectivity index (χ0) is 48.5. The van der Waals surface area contributed by atoms with Crippen LogP contribution in [0.3, 0.4) is 0 Å². The molecule has 1 N–H and O–H groups in total. The number of hydrogen-bond acceptors (Lipinski definition) is 7. The van der Waals surface area contributed by atoms with Gasteiger partial charge in [0.05, 0.1) is 27.7 Å². The van der Waals surface area contributed by atoms with Crippen molar-refractivity contribution in [1.29, 1.82) is 0 Å². The van der Waals surface area contributed by atoms with E-state index in [0.717, 1.165) is 77.0 Å². The summed E-state index contributed by atoms with van der Waals surface area (Å²) in [6, 6.07) is 0. The highest BCUT2D eigenvalue weighted by Crippen LogP contribution is 2.43. The molecule has 0 rings (SSSR count). The van der Waals surface area contributed by atoms with Gasteiger partial charge in [0.2, 0.25) is 0 Å². The SMILES string of the molecule is CCCCCCC/C=C\C/C=C\C/C=C\CCCCCCCCC(=O)OC(COC(=O)CCCCCCCCCCC/C=C\C/C=C\CCCCCCC)COP(=O)(O)OCC[N+](C)(C)C. The molecule has 66 heavy (non-hydrogen) atoms. The Hall–Kier alpha value is -2.29. The lowest BCUT2D eigenvalue weighted by Gasteiger charge is -2.24. The number of quaternary nitrogens is 1. The van der Waals surface area contributed by atoms with Gasteiger partial charge in [-0.2, -0.15) is 0 Å². The summed E-state index contributed by atoms with van der Waals surface area (Å²) >= 11 is 0. The van der Waals surface area contributed by atoms with Gasteiger partial charge in [-0.1, -0.05) is 197 Å². The molecule has 0 aromatic rings. The quantitative estimate of drug-likeness (QED) is 0.0211. The first-order valence-electron chi connectivity index (χ1n) is 27.0. The van der Waals surface area contributed by atoms with Crippen molar-refractivity contribution in [3.05, 3.63) is 60.8 Å². The molecule has 0 saturated carbocycles. The van der Waals surface area contributed by atoms with Crippen molar-refractivity contribution in [2.45, 2.75) is 238 Å². The van der Waals surface area contributed by atoms with Crippen molar-refractivity contribution in [1.82, 2.24) is 0 Å². The van der Waals surface area contributed by atoms with E-state index in [2.05, 4.69) is 74.6 Å². The second-order valence-corrected chi connectivity index (χ2v) is 20.7. The number of hydrogen-bond donors (Lipinski definition) is 1. The molecule has 0 amide bonds. The van der Waals surface area contributed by atoms with Gasteiger partial charge in [0.1, 0.15) is 19.8 Å². The molecule has 0 saturated heterocycles. The lowest BCUT2D eigenvalue weighted by Crippen LogP contribution is -2.37. The smallest absolute Gasteiger partial charge is 0.462 e. The maximum Gasteiger partial charge on any atom is 0.472 e. The van der Waals surface area contributed by atoms with Gasteiger partial charge in [0.25, 0.3) is 0 Å². The molecule has 0 aromatic heterocycles. The summed E-state index contributed by atoms with van der Waals surface area (Å²) < 4.78 is 34.5. The van der Waals surface area contributed by atoms with Crippen LogP contribution in [0, 0.1) is 0 Å². The summed E-state index contributed by atoms with van der Waals surface area (Å²) in [4.78, 5) is 35.6. The van der Waals surface area contributed by atoms with E-state index in [-0.39, 0.29) is 32.0 Å². The molecule has 2 atom stereocenters. The fraction of sp³-hybridized carbons (Fsp3) is 0.786. The van der Waals surface area contributed by atoms with E-state index >= 15 is 0 Å². The first-order chi connectivity index (χ1) is 32.0. The number of unbranched alkanes of at least 4 members (excludes halogenated alkanes) is 25. The second-order valence-electron chi connectivity index (χ2n) is 19.3. The second kappa shape index (κ2) is 47.8. The highest BCUT2D eigenvalue weighted by Gasteiger charge is 2.27. The minimum absolute atomic E-state index is 0.0261. The van der Waals surface area contributed by atoms with Crippen molar-refractivity contribution in [2.75, 3.05) is 47.5 Å². The number of ether oxygens (including phenoxy) is 2. The first kappa shape index (κ1) is 63.7. The van der Waals surface area contributed by atoms with Crippen LogP contribution in [0.25, 0.3) is 0 Å². The number of phosphoric acid groups is 1. The molecule has 0 aliphatic carbocycles. The standard InChI is InChI=1S/C56H102NO8P/c1-6-8-10-12-14-16-18-20-22-24-26-28-30-32-34-36-38-40-42-44-46-48-55(58)62-52-54(53-64-66(60,61)63-51-50-57(3,4)5)65-56(59)49-47-45-43-41-39-37-35-33-31-29-27-25-23-21-19-17-15-13-11-9-7-2/h18-21,24-27,31,33,54H,6-17,22-23,28-30,32,34-53H2,1-5H3/p+1/b20-18-,21-19-,26-24-,27-25-,33-31-. The lowest BCUT2D eigenvalue weighted by atomic mass is 10.1. The molecular formula is C56H103NO8P+. The summed E-state index contributed by atoms with van der Waals surface area (Å²) in [5.74, 6) is -0.815. The number of rotatable bonds is 49. The fourth-order valence-electron chi connectivity index (χ4n) is 7.29. The highest BCUT2D eigenvalue weighted by atomic mass is 31.2. The van der Waals surface area contributed by atoms with Crippen molar-refractivity contribution in [2.24, 2.45) is 0 Å². The van der Waals surface area contributed by atoms with Gasteiger partial charge in [-0.05, 0) is 83.5 Å². The monoisotopic (exact) mass is 949 g/mol. The Labute approximate surface area is 406 Å². The summed E-state index contributed by atoms with van der Waals surface area (Å²) in [6.45, 7) is 4.40. The van der Waals surface area contributed by atoms with Gasteiger partial charge in [-0.25, -0.2) is 4.57 Å². The van der Waals surface area contributed by atoms with Crippen LogP contribution >= 0.6 is 7.82 Å². The minimum Gasteiger partial charge on any atom is -0.462 e. The van der Waals surface area contributed by atoms with Gasteiger partial charge in [-0.15, -0.1) is 0 Å². The zero-order valence-corrected chi connectivity index (χ0v) is 44.3. The van der Waals surface area contributed by atoms with E-state index in [4.69, 9.17) is 18.5 Å². The van der Waals surface area contributed by atoms with Gasteiger partial charge >= 0.3 is 19.8 Å². The van der Waals surface area contributed by atoms with Gasteiger partial charge in [0, 0.05) is 12.8 Å². The molecule has 384 valence electrons. The number of carbonyl (C=O) groups excluding carboxylic acids is 2. The molecule has 0 aliphatic heterocycles. The van der Waals surface area contributed by atoms with Gasteiger partial charge in [-0.3, -0.25) is 18.6 Å². The van der Waals surface area contributed by atoms with Gasteiger partial charge < -0.3 is 18.9 Å². The molecule has 9 nitrogen and oxygen atoms in total. The van der Waals surface area contributed by atoms with Crippen LogP contribution in [-0.2, 0) is 32.7 Å². The summed E-state index contributed by atoms with van der Waals surface area (Å²) in [7, 11) is 1.46. The fourth-order valence-corrected chi connectivity index (χ4v) is 8.03. The molecule has 0 aliphatic rings. The van der Waals surface area contributed by atoms with E-state index in [9.17, 15) is 19.0 Å². The molecule has 0 radical (unpaired) electrons. The predicted molar refractivity (Wildman–Crippen MR) is 279 cm³/mol. The number of allylic oxidation sites excluding steroid dienone is 10. The highest BCUT2D eigenvalue weighted by molar-refractivity contribution is 7.47. The Bertz CT molecular complexity index is 1300. The molecule has 0 bridgehead atoms. The summed E-state index contributed by atoms with van der Waals surface area (Å²) in [5, 5.41) is 0. The Balaban J connectivity index is 4.27. The number of carbonyl (C=O) groups is 2. The van der Waals surface area contributed by atoms with Crippen LogP contribution in [0.15, 0.2) is 60.8 Å². The molecule has 2 unspecified atom stereocenters. The average Bonchev–Trinajstić information content (AvgIpc) is 3.27. The third-order valence-corrected chi connectivity index (χ3v) is 12.5. The minimum atomic E-state index is -4.39. The number of esters is 2. The molecule has 10 heteroatoms.